The lowest BCUT2D eigenvalue weighted by molar-refractivity contribution is -0.142. The van der Waals surface area contributed by atoms with Gasteiger partial charge in [0.15, 0.2) is 0 Å². The van der Waals surface area contributed by atoms with Gasteiger partial charge < -0.3 is 9.64 Å². The average Bonchev–Trinajstić information content (AvgIpc) is 2.49. The van der Waals surface area contributed by atoms with Crippen molar-refractivity contribution in [3.8, 4) is 0 Å². The van der Waals surface area contributed by atoms with E-state index in [4.69, 9.17) is 16.3 Å². The number of ether oxygens (including phenoxy) is 1. The van der Waals surface area contributed by atoms with Gasteiger partial charge >= 0.3 is 0 Å². The summed E-state index contributed by atoms with van der Waals surface area (Å²) in [5.41, 5.74) is 0.762. The maximum Gasteiger partial charge on any atom is 0.233 e. The lowest BCUT2D eigenvalue weighted by atomic mass is 9.63. The largest absolute Gasteiger partial charge is 0.376 e. The van der Waals surface area contributed by atoms with Gasteiger partial charge in [-0.25, -0.2) is 0 Å². The number of halogens is 1. The summed E-state index contributed by atoms with van der Waals surface area (Å²) in [6, 6.07) is 7.78. The fraction of sp³-hybridized carbons (Fsp3) is 0.611. The van der Waals surface area contributed by atoms with Gasteiger partial charge in [-0.1, -0.05) is 30.2 Å². The second-order valence-electron chi connectivity index (χ2n) is 6.62. The van der Waals surface area contributed by atoms with Gasteiger partial charge in [0.05, 0.1) is 11.5 Å². The summed E-state index contributed by atoms with van der Waals surface area (Å²) < 4.78 is 5.77. The molecule has 0 N–H and O–H groups in total. The van der Waals surface area contributed by atoms with Crippen LogP contribution in [-0.4, -0.2) is 37.1 Å². The Morgan fingerprint density at radius 1 is 1.27 bits per heavy atom. The molecule has 0 unspecified atom stereocenters. The third-order valence-electron chi connectivity index (χ3n) is 5.11. The summed E-state index contributed by atoms with van der Waals surface area (Å²) in [5, 5.41) is 0.717. The van der Waals surface area contributed by atoms with E-state index in [1.54, 1.807) is 0 Å². The van der Waals surface area contributed by atoms with Gasteiger partial charge in [0.25, 0.3) is 0 Å². The summed E-state index contributed by atoms with van der Waals surface area (Å²) in [6.45, 7) is 1.53. The first-order valence-corrected chi connectivity index (χ1v) is 8.63. The summed E-state index contributed by atoms with van der Waals surface area (Å²) in [6.07, 6.45) is 6.59. The Balaban J connectivity index is 1.71. The zero-order valence-electron chi connectivity index (χ0n) is 13.2. The highest BCUT2D eigenvalue weighted by Gasteiger charge is 2.47. The summed E-state index contributed by atoms with van der Waals surface area (Å²) in [5.74, 6) is 0.232. The van der Waals surface area contributed by atoms with E-state index in [0.717, 1.165) is 49.3 Å². The molecule has 1 aromatic rings. The van der Waals surface area contributed by atoms with Crippen LogP contribution in [0, 0.1) is 0 Å². The Hall–Kier alpha value is -1.06. The van der Waals surface area contributed by atoms with Crippen LogP contribution in [0.5, 0.6) is 0 Å². The third kappa shape index (κ3) is 3.02. The van der Waals surface area contributed by atoms with Gasteiger partial charge in [-0.05, 0) is 49.8 Å². The summed E-state index contributed by atoms with van der Waals surface area (Å²) in [7, 11) is 1.91. The van der Waals surface area contributed by atoms with Crippen molar-refractivity contribution in [3.63, 3.8) is 0 Å². The lowest BCUT2D eigenvalue weighted by Crippen LogP contribution is -2.51. The molecule has 4 heteroatoms. The smallest absolute Gasteiger partial charge is 0.233 e. The quantitative estimate of drug-likeness (QED) is 0.844. The van der Waals surface area contributed by atoms with Gasteiger partial charge in [0, 0.05) is 25.2 Å². The van der Waals surface area contributed by atoms with E-state index in [2.05, 4.69) is 0 Å². The van der Waals surface area contributed by atoms with Crippen molar-refractivity contribution < 1.29 is 9.53 Å². The van der Waals surface area contributed by atoms with Crippen molar-refractivity contribution in [1.82, 2.24) is 4.90 Å². The Bertz CT molecular complexity index is 518. The zero-order chi connectivity index (χ0) is 15.6. The Labute approximate surface area is 137 Å². The molecule has 1 atom stereocenters. The van der Waals surface area contributed by atoms with E-state index < -0.39 is 0 Å². The van der Waals surface area contributed by atoms with Crippen molar-refractivity contribution in [3.05, 3.63) is 34.9 Å². The monoisotopic (exact) mass is 321 g/mol. The van der Waals surface area contributed by atoms with Gasteiger partial charge in [-0.3, -0.25) is 4.79 Å². The van der Waals surface area contributed by atoms with Gasteiger partial charge in [0.2, 0.25) is 5.91 Å². The van der Waals surface area contributed by atoms with Crippen molar-refractivity contribution in [1.29, 1.82) is 0 Å². The molecule has 2 fully saturated rings. The molecule has 0 bridgehead atoms. The lowest BCUT2D eigenvalue weighted by Gasteiger charge is -2.44. The van der Waals surface area contributed by atoms with Crippen LogP contribution >= 0.6 is 11.6 Å². The molecular formula is C18H24ClNO2. The van der Waals surface area contributed by atoms with Crippen LogP contribution < -0.4 is 0 Å². The van der Waals surface area contributed by atoms with Gasteiger partial charge in [0.1, 0.15) is 0 Å². The molecule has 3 rings (SSSR count). The average molecular weight is 322 g/mol. The van der Waals surface area contributed by atoms with Gasteiger partial charge in [-0.2, -0.15) is 0 Å². The van der Waals surface area contributed by atoms with Crippen LogP contribution in [0.3, 0.4) is 0 Å². The van der Waals surface area contributed by atoms with Crippen LogP contribution in [0.1, 0.15) is 44.1 Å². The molecule has 0 spiro atoms. The minimum absolute atomic E-state index is 0.199. The Kier molecular flexibility index (Phi) is 4.74. The maximum atomic E-state index is 13.0. The maximum absolute atomic E-state index is 13.0. The van der Waals surface area contributed by atoms with Gasteiger partial charge in [-0.15, -0.1) is 0 Å². The van der Waals surface area contributed by atoms with Crippen LogP contribution in [0.2, 0.25) is 5.02 Å². The number of amides is 1. The molecule has 1 aromatic carbocycles. The predicted octanol–water partition coefficient (Wildman–Crippen LogP) is 3.79. The molecule has 1 amide bonds. The van der Waals surface area contributed by atoms with E-state index >= 15 is 0 Å². The summed E-state index contributed by atoms with van der Waals surface area (Å²) in [4.78, 5) is 14.9. The number of likely N-dealkylation sites (N-methyl/N-ethyl adjacent to an activating group) is 1. The molecule has 1 heterocycles. The van der Waals surface area contributed by atoms with E-state index in [1.807, 2.05) is 36.2 Å². The van der Waals surface area contributed by atoms with Crippen molar-refractivity contribution in [2.45, 2.75) is 50.0 Å². The van der Waals surface area contributed by atoms with Crippen LogP contribution in [0.15, 0.2) is 24.3 Å². The molecule has 0 radical (unpaired) electrons. The first-order valence-electron chi connectivity index (χ1n) is 8.25. The molecule has 0 aromatic heterocycles. The van der Waals surface area contributed by atoms with Crippen LogP contribution in [0.25, 0.3) is 0 Å². The highest BCUT2D eigenvalue weighted by atomic mass is 35.5. The SMILES string of the molecule is CN(C[C@@H]1CCCCO1)C(=O)C1(c2ccc(Cl)cc2)CCC1. The molecule has 1 saturated carbocycles. The van der Waals surface area contributed by atoms with E-state index in [-0.39, 0.29) is 17.4 Å². The minimum atomic E-state index is -0.339. The molecule has 2 aliphatic rings. The first-order chi connectivity index (χ1) is 10.6. The van der Waals surface area contributed by atoms with Crippen LogP contribution in [0.4, 0.5) is 0 Å². The number of benzene rings is 1. The molecule has 120 valence electrons. The topological polar surface area (TPSA) is 29.5 Å². The normalized spacial score (nSPS) is 23.6. The minimum Gasteiger partial charge on any atom is -0.376 e. The zero-order valence-corrected chi connectivity index (χ0v) is 13.9. The fourth-order valence-corrected chi connectivity index (χ4v) is 3.76. The highest BCUT2D eigenvalue weighted by Crippen LogP contribution is 2.45. The number of carbonyl (C=O) groups excluding carboxylic acids is 1. The highest BCUT2D eigenvalue weighted by molar-refractivity contribution is 6.30. The fourth-order valence-electron chi connectivity index (χ4n) is 3.63. The first kappa shape index (κ1) is 15.8. The van der Waals surface area contributed by atoms with E-state index in [0.29, 0.717) is 6.54 Å². The standard InChI is InChI=1S/C18H24ClNO2/c1-20(13-16-5-2-3-12-22-16)17(21)18(10-4-11-18)14-6-8-15(19)9-7-14/h6-9,16H,2-5,10-13H2,1H3/t16-/m0/s1. The molecule has 1 aliphatic heterocycles. The van der Waals surface area contributed by atoms with Crippen molar-refractivity contribution in [2.75, 3.05) is 20.2 Å². The second kappa shape index (κ2) is 6.59. The van der Waals surface area contributed by atoms with Crippen LogP contribution in [-0.2, 0) is 14.9 Å². The van der Waals surface area contributed by atoms with Crippen molar-refractivity contribution >= 4 is 17.5 Å². The molecule has 3 nitrogen and oxygen atoms in total. The third-order valence-corrected chi connectivity index (χ3v) is 5.36. The van der Waals surface area contributed by atoms with E-state index in [9.17, 15) is 4.79 Å². The predicted molar refractivity (Wildman–Crippen MR) is 88.2 cm³/mol. The number of carbonyl (C=O) groups is 1. The molecular weight excluding hydrogens is 298 g/mol. The molecule has 22 heavy (non-hydrogen) atoms. The number of rotatable bonds is 4. The Morgan fingerprint density at radius 3 is 2.55 bits per heavy atom. The second-order valence-corrected chi connectivity index (χ2v) is 7.05. The summed E-state index contributed by atoms with van der Waals surface area (Å²) >= 11 is 5.98. The number of hydrogen-bond acceptors (Lipinski definition) is 2. The number of nitrogens with zero attached hydrogens (tertiary/aromatic N) is 1. The number of hydrogen-bond donors (Lipinski definition) is 0. The van der Waals surface area contributed by atoms with E-state index in [1.165, 1.54) is 6.42 Å². The van der Waals surface area contributed by atoms with Crippen molar-refractivity contribution in [2.24, 2.45) is 0 Å². The molecule has 1 saturated heterocycles. The Morgan fingerprint density at radius 2 is 2.00 bits per heavy atom. The molecule has 1 aliphatic carbocycles.